The van der Waals surface area contributed by atoms with Gasteiger partial charge in [0.2, 0.25) is 0 Å². The minimum atomic E-state index is 0.643. The molecule has 0 aliphatic rings. The molecule has 0 amide bonds. The van der Waals surface area contributed by atoms with Crippen molar-refractivity contribution in [3.05, 3.63) is 58.0 Å². The molecule has 0 saturated carbocycles. The number of rotatable bonds is 0. The summed E-state index contributed by atoms with van der Waals surface area (Å²) in [6.07, 6.45) is 0. The van der Waals surface area contributed by atoms with E-state index in [0.717, 1.165) is 26.4 Å². The summed E-state index contributed by atoms with van der Waals surface area (Å²) in [6, 6.07) is 16.2. The number of para-hydroxylation sites is 1. The summed E-state index contributed by atoms with van der Waals surface area (Å²) in [5.41, 5.74) is 1.60. The zero-order chi connectivity index (χ0) is 13.0. The molecule has 0 aliphatic carbocycles. The van der Waals surface area contributed by atoms with E-state index in [1.54, 1.807) is 0 Å². The standard InChI is InChI=1S/C16H8BrClO/c17-12-8-9-4-1-2-5-10(9)14-11-6-3-7-13(18)15(11)19-16(12)14/h1-8H. The molecule has 1 nitrogen and oxygen atoms in total. The van der Waals surface area contributed by atoms with Crippen molar-refractivity contribution in [2.75, 3.05) is 0 Å². The lowest BCUT2D eigenvalue weighted by molar-refractivity contribution is 0.667. The fourth-order valence-electron chi connectivity index (χ4n) is 2.57. The van der Waals surface area contributed by atoms with Gasteiger partial charge in [-0.25, -0.2) is 0 Å². The third-order valence-electron chi connectivity index (χ3n) is 3.40. The zero-order valence-corrected chi connectivity index (χ0v) is 12.1. The monoisotopic (exact) mass is 330 g/mol. The Morgan fingerprint density at radius 2 is 1.68 bits per heavy atom. The first-order valence-corrected chi connectivity index (χ1v) is 7.11. The van der Waals surface area contributed by atoms with Crippen LogP contribution >= 0.6 is 27.5 Å². The van der Waals surface area contributed by atoms with Crippen LogP contribution in [0.3, 0.4) is 0 Å². The molecular weight excluding hydrogens is 324 g/mol. The second-order valence-electron chi connectivity index (χ2n) is 4.50. The molecular formula is C16H8BrClO. The van der Waals surface area contributed by atoms with Crippen molar-refractivity contribution >= 4 is 60.2 Å². The number of furan rings is 1. The number of halogens is 2. The van der Waals surface area contributed by atoms with E-state index >= 15 is 0 Å². The van der Waals surface area contributed by atoms with Crippen molar-refractivity contribution in [1.29, 1.82) is 0 Å². The molecule has 0 spiro atoms. The van der Waals surface area contributed by atoms with Gasteiger partial charge in [-0.3, -0.25) is 0 Å². The van der Waals surface area contributed by atoms with E-state index in [0.29, 0.717) is 5.02 Å². The van der Waals surface area contributed by atoms with Gasteiger partial charge in [-0.15, -0.1) is 0 Å². The Morgan fingerprint density at radius 1 is 0.895 bits per heavy atom. The average Bonchev–Trinajstić information content (AvgIpc) is 2.81. The minimum absolute atomic E-state index is 0.643. The smallest absolute Gasteiger partial charge is 0.154 e. The van der Waals surface area contributed by atoms with Crippen LogP contribution in [0.2, 0.25) is 5.02 Å². The number of hydrogen-bond acceptors (Lipinski definition) is 1. The molecule has 4 rings (SSSR count). The summed E-state index contributed by atoms with van der Waals surface area (Å²) in [5, 5.41) is 5.18. The van der Waals surface area contributed by atoms with Crippen LogP contribution in [0.1, 0.15) is 0 Å². The van der Waals surface area contributed by atoms with E-state index in [-0.39, 0.29) is 0 Å². The average molecular weight is 332 g/mol. The van der Waals surface area contributed by atoms with Crippen LogP contribution < -0.4 is 0 Å². The lowest BCUT2D eigenvalue weighted by Crippen LogP contribution is -1.75. The highest BCUT2D eigenvalue weighted by Crippen LogP contribution is 2.40. The number of benzene rings is 3. The topological polar surface area (TPSA) is 13.1 Å². The van der Waals surface area contributed by atoms with Gasteiger partial charge in [-0.1, -0.05) is 48.0 Å². The molecule has 1 heterocycles. The Bertz CT molecular complexity index is 940. The van der Waals surface area contributed by atoms with Crippen molar-refractivity contribution in [2.24, 2.45) is 0 Å². The molecule has 3 aromatic carbocycles. The second kappa shape index (κ2) is 3.99. The van der Waals surface area contributed by atoms with Crippen LogP contribution in [0.25, 0.3) is 32.7 Å². The van der Waals surface area contributed by atoms with Gasteiger partial charge in [0.05, 0.1) is 9.50 Å². The van der Waals surface area contributed by atoms with Crippen LogP contribution in [0.4, 0.5) is 0 Å². The summed E-state index contributed by atoms with van der Waals surface area (Å²) in [4.78, 5) is 0. The van der Waals surface area contributed by atoms with E-state index in [1.165, 1.54) is 10.8 Å². The van der Waals surface area contributed by atoms with Gasteiger partial charge in [-0.2, -0.15) is 0 Å². The minimum Gasteiger partial charge on any atom is -0.453 e. The van der Waals surface area contributed by atoms with E-state index in [4.69, 9.17) is 16.0 Å². The summed E-state index contributed by atoms with van der Waals surface area (Å²) in [5.74, 6) is 0. The van der Waals surface area contributed by atoms with Gasteiger partial charge < -0.3 is 4.42 Å². The van der Waals surface area contributed by atoms with Crippen LogP contribution in [0, 0.1) is 0 Å². The SMILES string of the molecule is Clc1cccc2c1oc1c(Br)cc3ccccc3c12. The fraction of sp³-hybridized carbons (Fsp3) is 0. The molecule has 0 fully saturated rings. The fourth-order valence-corrected chi connectivity index (χ4v) is 3.31. The summed E-state index contributed by atoms with van der Waals surface area (Å²) in [6.45, 7) is 0. The van der Waals surface area contributed by atoms with Crippen LogP contribution in [-0.4, -0.2) is 0 Å². The van der Waals surface area contributed by atoms with Crippen molar-refractivity contribution in [3.8, 4) is 0 Å². The molecule has 1 aromatic heterocycles. The zero-order valence-electron chi connectivity index (χ0n) is 9.78. The molecule has 0 radical (unpaired) electrons. The quantitative estimate of drug-likeness (QED) is 0.376. The lowest BCUT2D eigenvalue weighted by Gasteiger charge is -2.01. The van der Waals surface area contributed by atoms with Gasteiger partial charge in [0.15, 0.2) is 5.58 Å². The Kier molecular flexibility index (Phi) is 2.38. The van der Waals surface area contributed by atoms with Gasteiger partial charge >= 0.3 is 0 Å². The van der Waals surface area contributed by atoms with Crippen molar-refractivity contribution in [3.63, 3.8) is 0 Å². The first kappa shape index (κ1) is 11.3. The van der Waals surface area contributed by atoms with Crippen molar-refractivity contribution < 1.29 is 4.42 Å². The van der Waals surface area contributed by atoms with Gasteiger partial charge in [-0.05, 0) is 38.8 Å². The van der Waals surface area contributed by atoms with Crippen LogP contribution in [0.15, 0.2) is 57.4 Å². The maximum atomic E-state index is 6.22. The number of hydrogen-bond donors (Lipinski definition) is 0. The normalized spacial score (nSPS) is 11.7. The predicted molar refractivity (Wildman–Crippen MR) is 83.9 cm³/mol. The van der Waals surface area contributed by atoms with E-state index in [1.807, 2.05) is 30.3 Å². The summed E-state index contributed by atoms with van der Waals surface area (Å²) < 4.78 is 6.90. The molecule has 0 bridgehead atoms. The van der Waals surface area contributed by atoms with Crippen LogP contribution in [0.5, 0.6) is 0 Å². The molecule has 3 heteroatoms. The molecule has 92 valence electrons. The first-order valence-electron chi connectivity index (χ1n) is 5.93. The molecule has 0 saturated heterocycles. The highest BCUT2D eigenvalue weighted by atomic mass is 79.9. The molecule has 19 heavy (non-hydrogen) atoms. The first-order chi connectivity index (χ1) is 9.25. The van der Waals surface area contributed by atoms with Gasteiger partial charge in [0.1, 0.15) is 5.58 Å². The molecule has 0 atom stereocenters. The maximum absolute atomic E-state index is 6.22. The maximum Gasteiger partial charge on any atom is 0.154 e. The lowest BCUT2D eigenvalue weighted by atomic mass is 10.0. The predicted octanol–water partition coefficient (Wildman–Crippen LogP) is 6.16. The Labute approximate surface area is 122 Å². The van der Waals surface area contributed by atoms with Crippen molar-refractivity contribution in [2.45, 2.75) is 0 Å². The summed E-state index contributed by atoms with van der Waals surface area (Å²) in [7, 11) is 0. The largest absolute Gasteiger partial charge is 0.453 e. The molecule has 0 N–H and O–H groups in total. The third-order valence-corrected chi connectivity index (χ3v) is 4.28. The third kappa shape index (κ3) is 1.54. The van der Waals surface area contributed by atoms with E-state index < -0.39 is 0 Å². The summed E-state index contributed by atoms with van der Waals surface area (Å²) >= 11 is 9.81. The van der Waals surface area contributed by atoms with Crippen LogP contribution in [-0.2, 0) is 0 Å². The van der Waals surface area contributed by atoms with Crippen molar-refractivity contribution in [1.82, 2.24) is 0 Å². The molecule has 0 unspecified atom stereocenters. The highest BCUT2D eigenvalue weighted by molar-refractivity contribution is 9.10. The molecule has 4 aromatic rings. The molecule has 0 aliphatic heterocycles. The van der Waals surface area contributed by atoms with Gasteiger partial charge in [0.25, 0.3) is 0 Å². The Hall–Kier alpha value is -1.51. The highest BCUT2D eigenvalue weighted by Gasteiger charge is 2.14. The van der Waals surface area contributed by atoms with E-state index in [9.17, 15) is 0 Å². The number of fused-ring (bicyclic) bond motifs is 5. The second-order valence-corrected chi connectivity index (χ2v) is 5.76. The Balaban J connectivity index is 2.40. The Morgan fingerprint density at radius 3 is 2.58 bits per heavy atom. The van der Waals surface area contributed by atoms with E-state index in [2.05, 4.69) is 34.1 Å². The van der Waals surface area contributed by atoms with Gasteiger partial charge in [0, 0.05) is 10.8 Å².